The van der Waals surface area contributed by atoms with Crippen molar-refractivity contribution in [2.45, 2.75) is 19.8 Å². The predicted molar refractivity (Wildman–Crippen MR) is 50.0 cm³/mol. The van der Waals surface area contributed by atoms with Crippen LogP contribution in [0, 0.1) is 0 Å². The molecule has 0 aromatic heterocycles. The zero-order valence-electron chi connectivity index (χ0n) is 7.04. The smallest absolute Gasteiger partial charge is 0.693 e. The fraction of sp³-hybridized carbons (Fsp3) is 0.750. The van der Waals surface area contributed by atoms with Crippen molar-refractivity contribution in [3.8, 4) is 0 Å². The van der Waals surface area contributed by atoms with Crippen LogP contribution in [0.15, 0.2) is 0 Å². The molecule has 0 radical (unpaired) electrons. The SMILES string of the molecule is CCCC(=O)[OH2+].[Co+3].[NH2-].[NH2-].[NH2-].[NH2-].[NH2-]. The summed E-state index contributed by atoms with van der Waals surface area (Å²) >= 11 is 0. The van der Waals surface area contributed by atoms with Crippen LogP contribution in [0.4, 0.5) is 0 Å². The van der Waals surface area contributed by atoms with Crippen molar-refractivity contribution < 1.29 is 26.7 Å². The van der Waals surface area contributed by atoms with Crippen LogP contribution in [0.1, 0.15) is 19.8 Å². The molecule has 0 spiro atoms. The summed E-state index contributed by atoms with van der Waals surface area (Å²) in [6.45, 7) is 1.88. The van der Waals surface area contributed by atoms with E-state index in [1.54, 1.807) is 0 Å². The molecule has 0 amide bonds. The summed E-state index contributed by atoms with van der Waals surface area (Å²) < 4.78 is 0. The van der Waals surface area contributed by atoms with Crippen molar-refractivity contribution in [1.82, 2.24) is 0 Å². The average Bonchev–Trinajstić information content (AvgIpc) is 1.35. The van der Waals surface area contributed by atoms with Gasteiger partial charge in [0.15, 0.2) is 0 Å². The second-order valence-electron chi connectivity index (χ2n) is 1.17. The summed E-state index contributed by atoms with van der Waals surface area (Å²) in [6.07, 6.45) is 1.20. The molecule has 0 bridgehead atoms. The van der Waals surface area contributed by atoms with Crippen LogP contribution >= 0.6 is 0 Å². The summed E-state index contributed by atoms with van der Waals surface area (Å²) in [7, 11) is 0. The third-order valence-electron chi connectivity index (χ3n) is 0.477. The van der Waals surface area contributed by atoms with E-state index < -0.39 is 5.97 Å². The molecule has 0 atom stereocenters. The number of hydrogen-bond acceptors (Lipinski definition) is 1. The van der Waals surface area contributed by atoms with Crippen LogP contribution < -0.4 is 0 Å². The number of carbonyl (C=O) groups is 1. The molecule has 12 heavy (non-hydrogen) atoms. The normalized spacial score (nSPS) is 4.08. The predicted octanol–water partition coefficient (Wildman–Crippen LogP) is 3.62. The molecule has 0 aliphatic carbocycles. The largest absolute Gasteiger partial charge is 3.00 e. The molecule has 12 N–H and O–H groups in total. The summed E-state index contributed by atoms with van der Waals surface area (Å²) in [5.41, 5.74) is 0. The Morgan fingerprint density at radius 3 is 1.33 bits per heavy atom. The van der Waals surface area contributed by atoms with E-state index in [9.17, 15) is 4.79 Å². The van der Waals surface area contributed by atoms with Crippen LogP contribution in [-0.4, -0.2) is 11.1 Å². The van der Waals surface area contributed by atoms with Gasteiger partial charge in [0.1, 0.15) is 6.42 Å². The Morgan fingerprint density at radius 1 is 1.08 bits per heavy atom. The van der Waals surface area contributed by atoms with Gasteiger partial charge >= 0.3 is 22.7 Å². The van der Waals surface area contributed by atoms with Gasteiger partial charge in [-0.15, -0.1) is 0 Å². The minimum absolute atomic E-state index is 0. The fourth-order valence-corrected chi connectivity index (χ4v) is 0.227. The van der Waals surface area contributed by atoms with Gasteiger partial charge in [-0.3, -0.25) is 0 Å². The third-order valence-corrected chi connectivity index (χ3v) is 0.477. The van der Waals surface area contributed by atoms with Crippen molar-refractivity contribution in [3.63, 3.8) is 0 Å². The van der Waals surface area contributed by atoms with Gasteiger partial charge < -0.3 is 35.9 Å². The minimum atomic E-state index is -0.461. The summed E-state index contributed by atoms with van der Waals surface area (Å²) in [5, 5.41) is 6.34. The molecule has 0 aliphatic heterocycles. The molecule has 0 rings (SSSR count). The van der Waals surface area contributed by atoms with Gasteiger partial charge in [0, 0.05) is 4.79 Å². The Kier molecular flexibility index (Phi) is 226. The van der Waals surface area contributed by atoms with E-state index in [-0.39, 0.29) is 47.5 Å². The summed E-state index contributed by atoms with van der Waals surface area (Å²) in [5.74, 6) is -0.461. The number of rotatable bonds is 2. The molecule has 0 aliphatic rings. The number of carbonyl (C=O) groups excluding carboxylic acids is 1. The van der Waals surface area contributed by atoms with Crippen LogP contribution in [0.25, 0.3) is 30.8 Å². The Hall–Kier alpha value is -0.224. The van der Waals surface area contributed by atoms with Crippen molar-refractivity contribution >= 4 is 5.97 Å². The first-order chi connectivity index (χ1) is 2.77. The first kappa shape index (κ1) is 59.9. The zero-order chi connectivity index (χ0) is 4.99. The van der Waals surface area contributed by atoms with E-state index in [0.29, 0.717) is 6.42 Å². The molecular formula is C4H19CoN5O2-. The fourth-order valence-electron chi connectivity index (χ4n) is 0.227. The Labute approximate surface area is 83.8 Å². The quantitative estimate of drug-likeness (QED) is 0.636. The molecule has 0 unspecified atom stereocenters. The standard InChI is InChI=1S/C4H8O2.Co.5H2N/c1-2-3-4(5)6;;;;;;/h2-3H2,1H3,(H,5,6);;5*1H2/q;+3;5*-1/p+1. The molecule has 82 valence electrons. The molecule has 8 heteroatoms. The molecular weight excluding hydrogens is 209 g/mol. The molecule has 0 heterocycles. The first-order valence-electron chi connectivity index (χ1n) is 2.01. The minimum Gasteiger partial charge on any atom is -0.693 e. The zero-order valence-corrected chi connectivity index (χ0v) is 8.08. The molecule has 0 fully saturated rings. The van der Waals surface area contributed by atoms with Crippen LogP contribution in [0.2, 0.25) is 0 Å². The second kappa shape index (κ2) is 45.1. The molecule has 7 nitrogen and oxygen atoms in total. The van der Waals surface area contributed by atoms with Crippen molar-refractivity contribution in [2.75, 3.05) is 0 Å². The van der Waals surface area contributed by atoms with Crippen LogP contribution in [-0.2, 0) is 21.6 Å². The van der Waals surface area contributed by atoms with E-state index in [2.05, 4.69) is 0 Å². The van der Waals surface area contributed by atoms with Crippen molar-refractivity contribution in [2.24, 2.45) is 0 Å². The summed E-state index contributed by atoms with van der Waals surface area (Å²) in [6, 6.07) is 0. The maximum Gasteiger partial charge on any atom is 3.00 e. The van der Waals surface area contributed by atoms with E-state index >= 15 is 0 Å². The topological polar surface area (TPSA) is 207 Å². The maximum atomic E-state index is 9.71. The Bertz CT molecular complexity index is 65.4. The van der Waals surface area contributed by atoms with Crippen LogP contribution in [0.3, 0.4) is 0 Å². The summed E-state index contributed by atoms with van der Waals surface area (Å²) in [4.78, 5) is 9.71. The molecule has 0 aromatic carbocycles. The van der Waals surface area contributed by atoms with E-state index in [1.807, 2.05) is 6.92 Å². The van der Waals surface area contributed by atoms with Crippen molar-refractivity contribution in [3.05, 3.63) is 30.8 Å². The maximum absolute atomic E-state index is 9.71. The number of hydrogen-bond donors (Lipinski definition) is 0. The van der Waals surface area contributed by atoms with E-state index in [4.69, 9.17) is 5.11 Å². The Morgan fingerprint density at radius 2 is 1.33 bits per heavy atom. The van der Waals surface area contributed by atoms with E-state index in [1.165, 1.54) is 0 Å². The third kappa shape index (κ3) is 97.7. The van der Waals surface area contributed by atoms with Gasteiger partial charge in [0.25, 0.3) is 0 Å². The van der Waals surface area contributed by atoms with E-state index in [0.717, 1.165) is 6.42 Å². The second-order valence-corrected chi connectivity index (χ2v) is 1.17. The van der Waals surface area contributed by atoms with Gasteiger partial charge in [0.2, 0.25) is 0 Å². The molecule has 0 saturated heterocycles. The molecule has 0 aromatic rings. The van der Waals surface area contributed by atoms with Crippen molar-refractivity contribution in [1.29, 1.82) is 0 Å². The van der Waals surface area contributed by atoms with Gasteiger partial charge in [-0.25, -0.2) is 0 Å². The van der Waals surface area contributed by atoms with Gasteiger partial charge in [-0.2, -0.15) is 0 Å². The first-order valence-corrected chi connectivity index (χ1v) is 2.01. The van der Waals surface area contributed by atoms with Crippen LogP contribution in [0.5, 0.6) is 0 Å². The van der Waals surface area contributed by atoms with Gasteiger partial charge in [-0.1, -0.05) is 6.92 Å². The number of nitrogens with two attached hydrogens (primary N) is 5. The average molecular weight is 228 g/mol. The molecule has 0 saturated carbocycles. The Balaban J connectivity index is -0.00000000833. The monoisotopic (exact) mass is 228 g/mol. The van der Waals surface area contributed by atoms with Gasteiger partial charge in [0.05, 0.1) is 0 Å². The van der Waals surface area contributed by atoms with Gasteiger partial charge in [-0.05, 0) is 6.42 Å².